The number of benzene rings is 2. The maximum atomic E-state index is 5.63. The number of fused-ring (bicyclic) bond motifs is 1. The van der Waals surface area contributed by atoms with Gasteiger partial charge >= 0.3 is 0 Å². The predicted octanol–water partition coefficient (Wildman–Crippen LogP) is 3.51. The summed E-state index contributed by atoms with van der Waals surface area (Å²) in [6.07, 6.45) is 1.03. The lowest BCUT2D eigenvalue weighted by Gasteiger charge is -2.13. The number of methoxy groups -OCH3 is 2. The minimum Gasteiger partial charge on any atom is -0.496 e. The standard InChI is InChI=1S/C16H19NO3/c1-4-9-17-16(20-17)13-10-14(18-2)11-7-5-6-8-12(11)15(13)19-3/h5-8,10,16H,4,9H2,1-3H3/t16-,17?/m1/s1. The number of rotatable bonds is 5. The van der Waals surface area contributed by atoms with E-state index in [1.807, 2.05) is 35.4 Å². The van der Waals surface area contributed by atoms with E-state index in [-0.39, 0.29) is 6.23 Å². The zero-order valence-electron chi connectivity index (χ0n) is 12.1. The number of hydroxylamine groups is 2. The molecule has 1 saturated heterocycles. The van der Waals surface area contributed by atoms with Crippen molar-refractivity contribution in [1.29, 1.82) is 0 Å². The summed E-state index contributed by atoms with van der Waals surface area (Å²) in [6.45, 7) is 3.06. The van der Waals surface area contributed by atoms with Gasteiger partial charge in [-0.3, -0.25) is 4.84 Å². The minimum absolute atomic E-state index is 0.0246. The average molecular weight is 273 g/mol. The first-order chi connectivity index (χ1) is 9.80. The SMILES string of the molecule is CCCN1O[C@@H]1c1cc(OC)c2ccccc2c1OC. The molecule has 2 aromatic carbocycles. The molecule has 1 aliphatic rings. The third kappa shape index (κ3) is 2.11. The third-order valence-corrected chi connectivity index (χ3v) is 3.57. The van der Waals surface area contributed by atoms with Crippen molar-refractivity contribution in [3.63, 3.8) is 0 Å². The first kappa shape index (κ1) is 13.2. The Morgan fingerprint density at radius 3 is 2.55 bits per heavy atom. The summed E-state index contributed by atoms with van der Waals surface area (Å²) in [6, 6.07) is 10.1. The second-order valence-electron chi connectivity index (χ2n) is 4.85. The summed E-state index contributed by atoms with van der Waals surface area (Å²) >= 11 is 0. The van der Waals surface area contributed by atoms with Crippen LogP contribution in [0.3, 0.4) is 0 Å². The molecule has 1 fully saturated rings. The molecular formula is C16H19NO3. The molecule has 0 amide bonds. The molecule has 1 unspecified atom stereocenters. The Balaban J connectivity index is 2.12. The topological polar surface area (TPSA) is 34.0 Å². The molecule has 0 bridgehead atoms. The van der Waals surface area contributed by atoms with Crippen LogP contribution >= 0.6 is 0 Å². The molecule has 1 aliphatic heterocycles. The van der Waals surface area contributed by atoms with Crippen LogP contribution in [0.1, 0.15) is 25.1 Å². The van der Waals surface area contributed by atoms with Crippen LogP contribution in [0.4, 0.5) is 0 Å². The summed E-state index contributed by atoms with van der Waals surface area (Å²) in [5.74, 6) is 1.72. The fourth-order valence-corrected chi connectivity index (χ4v) is 2.62. The van der Waals surface area contributed by atoms with Gasteiger partial charge in [-0.2, -0.15) is 5.06 Å². The Labute approximate surface area is 118 Å². The van der Waals surface area contributed by atoms with Gasteiger partial charge in [-0.1, -0.05) is 31.2 Å². The van der Waals surface area contributed by atoms with Gasteiger partial charge in [-0.25, -0.2) is 0 Å². The smallest absolute Gasteiger partial charge is 0.183 e. The van der Waals surface area contributed by atoms with E-state index in [2.05, 4.69) is 6.92 Å². The Bertz CT molecular complexity index is 626. The van der Waals surface area contributed by atoms with E-state index < -0.39 is 0 Å². The summed E-state index contributed by atoms with van der Waals surface area (Å²) < 4.78 is 11.1. The lowest BCUT2D eigenvalue weighted by Crippen LogP contribution is -2.01. The van der Waals surface area contributed by atoms with Crippen LogP contribution in [0.2, 0.25) is 0 Å². The second-order valence-corrected chi connectivity index (χ2v) is 4.85. The summed E-state index contributed by atoms with van der Waals surface area (Å²) in [5, 5.41) is 4.07. The van der Waals surface area contributed by atoms with E-state index in [0.29, 0.717) is 0 Å². The normalized spacial score (nSPS) is 20.9. The highest BCUT2D eigenvalue weighted by Gasteiger charge is 2.40. The number of ether oxygens (including phenoxy) is 2. The zero-order valence-corrected chi connectivity index (χ0v) is 12.1. The third-order valence-electron chi connectivity index (χ3n) is 3.57. The van der Waals surface area contributed by atoms with Gasteiger partial charge in [0, 0.05) is 22.9 Å². The van der Waals surface area contributed by atoms with Gasteiger partial charge in [-0.15, -0.1) is 0 Å². The molecule has 4 heteroatoms. The van der Waals surface area contributed by atoms with E-state index in [1.165, 1.54) is 0 Å². The van der Waals surface area contributed by atoms with E-state index in [0.717, 1.165) is 40.8 Å². The number of nitrogens with zero attached hydrogens (tertiary/aromatic N) is 1. The summed E-state index contributed by atoms with van der Waals surface area (Å²) in [7, 11) is 3.39. The van der Waals surface area contributed by atoms with E-state index in [9.17, 15) is 0 Å². The van der Waals surface area contributed by atoms with Crippen molar-refractivity contribution in [2.45, 2.75) is 19.6 Å². The van der Waals surface area contributed by atoms with Gasteiger partial charge in [0.05, 0.1) is 14.2 Å². The molecule has 4 nitrogen and oxygen atoms in total. The Morgan fingerprint density at radius 2 is 1.90 bits per heavy atom. The van der Waals surface area contributed by atoms with Crippen molar-refractivity contribution in [3.8, 4) is 11.5 Å². The van der Waals surface area contributed by atoms with Crippen molar-refractivity contribution >= 4 is 10.8 Å². The predicted molar refractivity (Wildman–Crippen MR) is 77.9 cm³/mol. The highest BCUT2D eigenvalue weighted by atomic mass is 16.8. The first-order valence-corrected chi connectivity index (χ1v) is 6.87. The van der Waals surface area contributed by atoms with Crippen LogP contribution in [0, 0.1) is 0 Å². The molecule has 2 aromatic rings. The lowest BCUT2D eigenvalue weighted by atomic mass is 10.0. The zero-order chi connectivity index (χ0) is 14.1. The van der Waals surface area contributed by atoms with Crippen molar-refractivity contribution in [3.05, 3.63) is 35.9 Å². The Hall–Kier alpha value is -1.78. The molecule has 20 heavy (non-hydrogen) atoms. The van der Waals surface area contributed by atoms with E-state index in [1.54, 1.807) is 14.2 Å². The molecule has 0 saturated carbocycles. The minimum atomic E-state index is -0.0246. The van der Waals surface area contributed by atoms with Crippen LogP contribution in [-0.2, 0) is 4.84 Å². The van der Waals surface area contributed by atoms with Crippen molar-refractivity contribution in [1.82, 2.24) is 5.06 Å². The summed E-state index contributed by atoms with van der Waals surface area (Å²) in [4.78, 5) is 5.63. The quantitative estimate of drug-likeness (QED) is 0.781. The van der Waals surface area contributed by atoms with Gasteiger partial charge in [0.15, 0.2) is 6.23 Å². The monoisotopic (exact) mass is 273 g/mol. The molecule has 1 heterocycles. The van der Waals surface area contributed by atoms with E-state index >= 15 is 0 Å². The average Bonchev–Trinajstić information content (AvgIpc) is 3.25. The lowest BCUT2D eigenvalue weighted by molar-refractivity contribution is 0.199. The van der Waals surface area contributed by atoms with Crippen molar-refractivity contribution < 1.29 is 14.3 Å². The Kier molecular flexibility index (Phi) is 3.51. The number of hydrogen-bond acceptors (Lipinski definition) is 4. The highest BCUT2D eigenvalue weighted by molar-refractivity contribution is 5.94. The molecule has 3 rings (SSSR count). The molecule has 0 radical (unpaired) electrons. The van der Waals surface area contributed by atoms with Gasteiger partial charge in [0.1, 0.15) is 11.5 Å². The van der Waals surface area contributed by atoms with Crippen LogP contribution in [-0.4, -0.2) is 25.8 Å². The van der Waals surface area contributed by atoms with Crippen LogP contribution in [0.5, 0.6) is 11.5 Å². The second kappa shape index (κ2) is 5.31. The fourth-order valence-electron chi connectivity index (χ4n) is 2.62. The molecular weight excluding hydrogens is 254 g/mol. The molecule has 0 N–H and O–H groups in total. The molecule has 106 valence electrons. The first-order valence-electron chi connectivity index (χ1n) is 6.87. The number of hydrogen-bond donors (Lipinski definition) is 0. The summed E-state index contributed by atoms with van der Waals surface area (Å²) in [5.41, 5.74) is 1.02. The molecule has 0 spiro atoms. The van der Waals surface area contributed by atoms with Gasteiger partial charge < -0.3 is 9.47 Å². The van der Waals surface area contributed by atoms with Crippen molar-refractivity contribution in [2.75, 3.05) is 20.8 Å². The molecule has 0 aromatic heterocycles. The van der Waals surface area contributed by atoms with Crippen molar-refractivity contribution in [2.24, 2.45) is 0 Å². The maximum Gasteiger partial charge on any atom is 0.183 e. The molecule has 0 aliphatic carbocycles. The van der Waals surface area contributed by atoms with E-state index in [4.69, 9.17) is 14.3 Å². The van der Waals surface area contributed by atoms with Gasteiger partial charge in [0.25, 0.3) is 0 Å². The molecule has 2 atom stereocenters. The van der Waals surface area contributed by atoms with Crippen LogP contribution < -0.4 is 9.47 Å². The largest absolute Gasteiger partial charge is 0.496 e. The van der Waals surface area contributed by atoms with Crippen LogP contribution in [0.25, 0.3) is 10.8 Å². The fraction of sp³-hybridized carbons (Fsp3) is 0.375. The van der Waals surface area contributed by atoms with Gasteiger partial charge in [0.2, 0.25) is 0 Å². The highest BCUT2D eigenvalue weighted by Crippen LogP contribution is 2.46. The van der Waals surface area contributed by atoms with Gasteiger partial charge in [-0.05, 0) is 12.5 Å². The Morgan fingerprint density at radius 1 is 1.15 bits per heavy atom. The maximum absolute atomic E-state index is 5.63. The van der Waals surface area contributed by atoms with Crippen LogP contribution in [0.15, 0.2) is 30.3 Å².